The number of benzene rings is 1. The lowest BCUT2D eigenvalue weighted by Gasteiger charge is -2.32. The van der Waals surface area contributed by atoms with Crippen molar-refractivity contribution >= 4 is 5.69 Å². The molecule has 0 bridgehead atoms. The van der Waals surface area contributed by atoms with E-state index in [9.17, 15) is 14.5 Å². The van der Waals surface area contributed by atoms with Crippen molar-refractivity contribution in [3.8, 4) is 11.5 Å². The first-order valence-corrected chi connectivity index (χ1v) is 5.45. The van der Waals surface area contributed by atoms with E-state index in [0.717, 1.165) is 6.07 Å². The van der Waals surface area contributed by atoms with E-state index in [-0.39, 0.29) is 23.6 Å². The second-order valence-corrected chi connectivity index (χ2v) is 4.18. The summed E-state index contributed by atoms with van der Waals surface area (Å²) >= 11 is 0. The van der Waals surface area contributed by atoms with Gasteiger partial charge in [-0.2, -0.15) is 0 Å². The fourth-order valence-corrected chi connectivity index (χ4v) is 1.80. The molecule has 7 heteroatoms. The normalized spacial score (nSPS) is 22.2. The molecule has 0 saturated heterocycles. The third-order valence-corrected chi connectivity index (χ3v) is 2.85. The summed E-state index contributed by atoms with van der Waals surface area (Å²) in [5.74, 6) is -0.865. The molecule has 0 radical (unpaired) electrons. The number of ether oxygens (including phenoxy) is 2. The second-order valence-electron chi connectivity index (χ2n) is 4.18. The first-order valence-electron chi connectivity index (χ1n) is 5.45. The number of rotatable bonds is 4. The molecule has 2 N–H and O–H groups in total. The Morgan fingerprint density at radius 1 is 1.44 bits per heavy atom. The lowest BCUT2D eigenvalue weighted by Crippen LogP contribution is -2.43. The van der Waals surface area contributed by atoms with Gasteiger partial charge in [-0.25, -0.2) is 4.39 Å². The number of nitro benzene ring substituents is 1. The van der Waals surface area contributed by atoms with Crippen LogP contribution in [0.15, 0.2) is 12.1 Å². The molecule has 0 spiro atoms. The first-order chi connectivity index (χ1) is 8.51. The Hall–Kier alpha value is -1.89. The van der Waals surface area contributed by atoms with Gasteiger partial charge in [0.2, 0.25) is 5.75 Å². The summed E-state index contributed by atoms with van der Waals surface area (Å²) in [6.07, 6.45) is 1.11. The molecule has 98 valence electrons. The fourth-order valence-electron chi connectivity index (χ4n) is 1.80. The van der Waals surface area contributed by atoms with E-state index in [1.807, 2.05) is 0 Å². The minimum absolute atomic E-state index is 0.00940. The molecule has 1 saturated carbocycles. The highest BCUT2D eigenvalue weighted by molar-refractivity contribution is 5.51. The lowest BCUT2D eigenvalue weighted by molar-refractivity contribution is -0.386. The van der Waals surface area contributed by atoms with E-state index >= 15 is 0 Å². The summed E-state index contributed by atoms with van der Waals surface area (Å²) in [4.78, 5) is 10.1. The van der Waals surface area contributed by atoms with E-state index in [0.29, 0.717) is 12.8 Å². The molecule has 1 aliphatic carbocycles. The average Bonchev–Trinajstić information content (AvgIpc) is 2.28. The number of nitro groups is 1. The Balaban J connectivity index is 2.27. The zero-order chi connectivity index (χ0) is 13.3. The second kappa shape index (κ2) is 4.77. The van der Waals surface area contributed by atoms with E-state index in [4.69, 9.17) is 15.2 Å². The highest BCUT2D eigenvalue weighted by Gasteiger charge is 2.30. The summed E-state index contributed by atoms with van der Waals surface area (Å²) < 4.78 is 23.6. The third-order valence-electron chi connectivity index (χ3n) is 2.85. The van der Waals surface area contributed by atoms with Crippen LogP contribution in [0.2, 0.25) is 0 Å². The molecular formula is C11H13FN2O4. The largest absolute Gasteiger partial charge is 0.494 e. The van der Waals surface area contributed by atoms with E-state index in [2.05, 4.69) is 0 Å². The molecule has 1 fully saturated rings. The first kappa shape index (κ1) is 12.6. The van der Waals surface area contributed by atoms with Crippen molar-refractivity contribution in [3.05, 3.63) is 28.1 Å². The van der Waals surface area contributed by atoms with Crippen molar-refractivity contribution in [3.63, 3.8) is 0 Å². The summed E-state index contributed by atoms with van der Waals surface area (Å²) in [7, 11) is 1.29. The number of hydrogen-bond donors (Lipinski definition) is 1. The monoisotopic (exact) mass is 256 g/mol. The van der Waals surface area contributed by atoms with Gasteiger partial charge in [0.25, 0.3) is 0 Å². The maximum Gasteiger partial charge on any atom is 0.314 e. The van der Waals surface area contributed by atoms with Crippen molar-refractivity contribution in [1.29, 1.82) is 0 Å². The lowest BCUT2D eigenvalue weighted by atomic mass is 9.90. The summed E-state index contributed by atoms with van der Waals surface area (Å²) in [5, 5.41) is 10.8. The topological polar surface area (TPSA) is 87.6 Å². The van der Waals surface area contributed by atoms with Crippen LogP contribution in [0.5, 0.6) is 11.5 Å². The number of hydrogen-bond acceptors (Lipinski definition) is 5. The van der Waals surface area contributed by atoms with Gasteiger partial charge in [0.1, 0.15) is 6.10 Å². The van der Waals surface area contributed by atoms with E-state index < -0.39 is 16.4 Å². The SMILES string of the molecule is COc1cc(OC2CC(N)C2)c([N+](=O)[O-])cc1F. The highest BCUT2D eigenvalue weighted by Crippen LogP contribution is 2.36. The zero-order valence-electron chi connectivity index (χ0n) is 9.76. The molecule has 0 heterocycles. The summed E-state index contributed by atoms with van der Waals surface area (Å²) in [6.45, 7) is 0. The molecule has 6 nitrogen and oxygen atoms in total. The summed E-state index contributed by atoms with van der Waals surface area (Å²) in [5.41, 5.74) is 5.19. The Morgan fingerprint density at radius 3 is 2.61 bits per heavy atom. The maximum absolute atomic E-state index is 13.4. The van der Waals surface area contributed by atoms with Gasteiger partial charge < -0.3 is 15.2 Å². The van der Waals surface area contributed by atoms with Crippen molar-refractivity contribution in [2.24, 2.45) is 5.73 Å². The number of nitrogens with zero attached hydrogens (tertiary/aromatic N) is 1. The molecule has 0 atom stereocenters. The molecule has 0 unspecified atom stereocenters. The van der Waals surface area contributed by atoms with Crippen LogP contribution in [-0.4, -0.2) is 24.2 Å². The summed E-state index contributed by atoms with van der Waals surface area (Å²) in [6, 6.07) is 2.06. The van der Waals surface area contributed by atoms with Gasteiger partial charge in [0.15, 0.2) is 11.6 Å². The maximum atomic E-state index is 13.4. The van der Waals surface area contributed by atoms with Crippen molar-refractivity contribution in [2.45, 2.75) is 25.0 Å². The van der Waals surface area contributed by atoms with Crippen molar-refractivity contribution in [2.75, 3.05) is 7.11 Å². The highest BCUT2D eigenvalue weighted by atomic mass is 19.1. The predicted molar refractivity (Wildman–Crippen MR) is 61.2 cm³/mol. The minimum atomic E-state index is -0.790. The molecule has 1 aliphatic rings. The van der Waals surface area contributed by atoms with Gasteiger partial charge in [-0.3, -0.25) is 10.1 Å². The molecule has 0 aromatic heterocycles. The van der Waals surface area contributed by atoms with Gasteiger partial charge in [-0.15, -0.1) is 0 Å². The number of nitrogens with two attached hydrogens (primary N) is 1. The van der Waals surface area contributed by atoms with Crippen LogP contribution in [0, 0.1) is 15.9 Å². The van der Waals surface area contributed by atoms with Crippen molar-refractivity contribution < 1.29 is 18.8 Å². The smallest absolute Gasteiger partial charge is 0.314 e. The quantitative estimate of drug-likeness (QED) is 0.653. The Labute approximate surface area is 103 Å². The molecule has 0 amide bonds. The van der Waals surface area contributed by atoms with Crippen LogP contribution in [0.4, 0.5) is 10.1 Å². The molecule has 0 aliphatic heterocycles. The molecule has 18 heavy (non-hydrogen) atoms. The molecule has 1 aromatic carbocycles. The van der Waals surface area contributed by atoms with Gasteiger partial charge in [0, 0.05) is 12.1 Å². The number of halogens is 1. The van der Waals surface area contributed by atoms with Crippen molar-refractivity contribution in [1.82, 2.24) is 0 Å². The molecule has 1 aromatic rings. The van der Waals surface area contributed by atoms with Gasteiger partial charge in [-0.1, -0.05) is 0 Å². The van der Waals surface area contributed by atoms with Crippen LogP contribution in [0.3, 0.4) is 0 Å². The standard InChI is InChI=1S/C11H13FN2O4/c1-17-10-5-11(18-7-2-6(13)3-7)9(14(15)16)4-8(10)12/h4-7H,2-3,13H2,1H3. The van der Waals surface area contributed by atoms with Crippen LogP contribution in [-0.2, 0) is 0 Å². The Kier molecular flexibility index (Phi) is 3.33. The van der Waals surface area contributed by atoms with E-state index in [1.54, 1.807) is 0 Å². The predicted octanol–water partition coefficient (Wildman–Crippen LogP) is 1.61. The zero-order valence-corrected chi connectivity index (χ0v) is 9.76. The van der Waals surface area contributed by atoms with Gasteiger partial charge >= 0.3 is 5.69 Å². The van der Waals surface area contributed by atoms with Gasteiger partial charge in [0.05, 0.1) is 18.1 Å². The molecular weight excluding hydrogens is 243 g/mol. The minimum Gasteiger partial charge on any atom is -0.494 e. The Bertz CT molecular complexity index is 474. The van der Waals surface area contributed by atoms with Crippen LogP contribution >= 0.6 is 0 Å². The van der Waals surface area contributed by atoms with Crippen LogP contribution < -0.4 is 15.2 Å². The number of methoxy groups -OCH3 is 1. The van der Waals surface area contributed by atoms with Crippen LogP contribution in [0.1, 0.15) is 12.8 Å². The fraction of sp³-hybridized carbons (Fsp3) is 0.455. The average molecular weight is 256 g/mol. The van der Waals surface area contributed by atoms with Gasteiger partial charge in [-0.05, 0) is 12.8 Å². The Morgan fingerprint density at radius 2 is 2.11 bits per heavy atom. The third kappa shape index (κ3) is 2.35. The van der Waals surface area contributed by atoms with Crippen LogP contribution in [0.25, 0.3) is 0 Å². The molecule has 2 rings (SSSR count). The van der Waals surface area contributed by atoms with E-state index in [1.165, 1.54) is 13.2 Å².